The summed E-state index contributed by atoms with van der Waals surface area (Å²) < 4.78 is 0. The van der Waals surface area contributed by atoms with E-state index in [-0.39, 0.29) is 23.9 Å². The van der Waals surface area contributed by atoms with E-state index in [1.807, 2.05) is 30.3 Å². The van der Waals surface area contributed by atoms with Crippen molar-refractivity contribution in [3.8, 4) is 11.5 Å². The summed E-state index contributed by atoms with van der Waals surface area (Å²) in [5, 5.41) is 28.8. The fourth-order valence-electron chi connectivity index (χ4n) is 1.95. The van der Waals surface area contributed by atoms with Gasteiger partial charge in [0, 0.05) is 6.42 Å². The van der Waals surface area contributed by atoms with E-state index in [1.54, 1.807) is 6.07 Å². The summed E-state index contributed by atoms with van der Waals surface area (Å²) in [7, 11) is 0. The first-order chi connectivity index (χ1) is 9.08. The van der Waals surface area contributed by atoms with Gasteiger partial charge < -0.3 is 21.1 Å². The van der Waals surface area contributed by atoms with Crippen LogP contribution in [0.25, 0.3) is 0 Å². The van der Waals surface area contributed by atoms with Crippen molar-refractivity contribution >= 4 is 12.4 Å². The van der Waals surface area contributed by atoms with E-state index >= 15 is 0 Å². The summed E-state index contributed by atoms with van der Waals surface area (Å²) >= 11 is 0. The Balaban J connectivity index is 0.00000200. The van der Waals surface area contributed by atoms with Crippen molar-refractivity contribution in [1.82, 2.24) is 0 Å². The standard InChI is InChI=1S/C15H17NO3.ClH/c16-15(11-6-7-12(17)13(18)9-11)14(19)8-10-4-2-1-3-5-10;/h1-7,9,14-15,17-19H,8,16H2;1H/t14-,15+;/m1./s1. The Kier molecular flexibility index (Phi) is 5.82. The molecule has 0 saturated carbocycles. The smallest absolute Gasteiger partial charge is 0.157 e. The first-order valence-electron chi connectivity index (χ1n) is 6.07. The molecule has 0 fully saturated rings. The molecule has 5 N–H and O–H groups in total. The van der Waals surface area contributed by atoms with Crippen molar-refractivity contribution in [2.75, 3.05) is 0 Å². The molecule has 0 amide bonds. The van der Waals surface area contributed by atoms with E-state index in [9.17, 15) is 15.3 Å². The van der Waals surface area contributed by atoms with E-state index in [4.69, 9.17) is 5.73 Å². The maximum atomic E-state index is 10.1. The fourth-order valence-corrected chi connectivity index (χ4v) is 1.95. The normalized spacial score (nSPS) is 13.3. The summed E-state index contributed by atoms with van der Waals surface area (Å²) in [6, 6.07) is 13.3. The number of phenols is 2. The summed E-state index contributed by atoms with van der Waals surface area (Å²) in [6.07, 6.45) is -0.324. The molecule has 20 heavy (non-hydrogen) atoms. The summed E-state index contributed by atoms with van der Waals surface area (Å²) in [4.78, 5) is 0. The van der Waals surface area contributed by atoms with Gasteiger partial charge in [0.2, 0.25) is 0 Å². The lowest BCUT2D eigenvalue weighted by Gasteiger charge is -2.19. The summed E-state index contributed by atoms with van der Waals surface area (Å²) in [6.45, 7) is 0. The number of aromatic hydroxyl groups is 2. The predicted octanol–water partition coefficient (Wildman–Crippen LogP) is 2.12. The third kappa shape index (κ3) is 3.87. The molecule has 0 radical (unpaired) electrons. The maximum Gasteiger partial charge on any atom is 0.157 e. The number of benzene rings is 2. The fraction of sp³-hybridized carbons (Fsp3) is 0.200. The molecule has 0 aliphatic heterocycles. The minimum Gasteiger partial charge on any atom is -0.504 e. The number of hydrogen-bond acceptors (Lipinski definition) is 4. The molecule has 0 spiro atoms. The molecular formula is C15H18ClNO3. The average molecular weight is 296 g/mol. The summed E-state index contributed by atoms with van der Waals surface area (Å²) in [5.74, 6) is -0.437. The van der Waals surface area contributed by atoms with Crippen LogP contribution in [0.1, 0.15) is 17.2 Å². The Morgan fingerprint density at radius 2 is 1.60 bits per heavy atom. The first-order valence-corrected chi connectivity index (χ1v) is 6.07. The molecule has 0 aliphatic rings. The van der Waals surface area contributed by atoms with Crippen LogP contribution in [0.15, 0.2) is 48.5 Å². The second-order valence-electron chi connectivity index (χ2n) is 4.53. The average Bonchev–Trinajstić information content (AvgIpc) is 2.42. The van der Waals surface area contributed by atoms with Crippen LogP contribution in [-0.2, 0) is 6.42 Å². The SMILES string of the molecule is Cl.N[C@@H](c1ccc(O)c(O)c1)[C@H](O)Cc1ccccc1. The zero-order valence-electron chi connectivity index (χ0n) is 10.8. The van der Waals surface area contributed by atoms with Gasteiger partial charge in [0.05, 0.1) is 12.1 Å². The number of aliphatic hydroxyl groups is 1. The largest absolute Gasteiger partial charge is 0.504 e. The number of hydrogen-bond donors (Lipinski definition) is 4. The van der Waals surface area contributed by atoms with Crippen molar-refractivity contribution < 1.29 is 15.3 Å². The van der Waals surface area contributed by atoms with Crippen LogP contribution in [-0.4, -0.2) is 21.4 Å². The van der Waals surface area contributed by atoms with Crippen molar-refractivity contribution in [2.45, 2.75) is 18.6 Å². The highest BCUT2D eigenvalue weighted by Crippen LogP contribution is 2.28. The number of aliphatic hydroxyl groups excluding tert-OH is 1. The molecule has 2 rings (SSSR count). The van der Waals surface area contributed by atoms with Crippen molar-refractivity contribution in [1.29, 1.82) is 0 Å². The third-order valence-corrected chi connectivity index (χ3v) is 3.09. The van der Waals surface area contributed by atoms with E-state index in [1.165, 1.54) is 12.1 Å². The highest BCUT2D eigenvalue weighted by Gasteiger charge is 2.18. The Labute approximate surface area is 123 Å². The van der Waals surface area contributed by atoms with E-state index in [2.05, 4.69) is 0 Å². The zero-order chi connectivity index (χ0) is 13.8. The van der Waals surface area contributed by atoms with Gasteiger partial charge in [-0.2, -0.15) is 0 Å². The van der Waals surface area contributed by atoms with Gasteiger partial charge in [0.1, 0.15) is 0 Å². The highest BCUT2D eigenvalue weighted by molar-refractivity contribution is 5.85. The van der Waals surface area contributed by atoms with Gasteiger partial charge in [-0.3, -0.25) is 0 Å². The molecule has 2 aromatic rings. The van der Waals surface area contributed by atoms with Crippen LogP contribution in [0.2, 0.25) is 0 Å². The van der Waals surface area contributed by atoms with E-state index in [0.717, 1.165) is 5.56 Å². The monoisotopic (exact) mass is 295 g/mol. The predicted molar refractivity (Wildman–Crippen MR) is 80.1 cm³/mol. The van der Waals surface area contributed by atoms with Crippen LogP contribution in [0.3, 0.4) is 0 Å². The van der Waals surface area contributed by atoms with Gasteiger partial charge in [0.25, 0.3) is 0 Å². The molecule has 0 bridgehead atoms. The van der Waals surface area contributed by atoms with Gasteiger partial charge in [0.15, 0.2) is 11.5 Å². The van der Waals surface area contributed by atoms with Gasteiger partial charge >= 0.3 is 0 Å². The first kappa shape index (κ1) is 16.3. The Morgan fingerprint density at radius 1 is 0.950 bits per heavy atom. The summed E-state index contributed by atoms with van der Waals surface area (Å²) in [5.41, 5.74) is 7.54. The van der Waals surface area contributed by atoms with Crippen molar-refractivity contribution in [3.05, 3.63) is 59.7 Å². The van der Waals surface area contributed by atoms with Gasteiger partial charge in [-0.05, 0) is 23.3 Å². The maximum absolute atomic E-state index is 10.1. The van der Waals surface area contributed by atoms with E-state index < -0.39 is 12.1 Å². The number of rotatable bonds is 4. The molecule has 2 atom stereocenters. The molecule has 108 valence electrons. The van der Waals surface area contributed by atoms with Gasteiger partial charge in [-0.1, -0.05) is 36.4 Å². The number of halogens is 1. The van der Waals surface area contributed by atoms with Crippen LogP contribution < -0.4 is 5.73 Å². The second-order valence-corrected chi connectivity index (χ2v) is 4.53. The third-order valence-electron chi connectivity index (χ3n) is 3.09. The second kappa shape index (κ2) is 7.14. The van der Waals surface area contributed by atoms with Crippen LogP contribution in [0, 0.1) is 0 Å². The molecule has 0 aromatic heterocycles. The van der Waals surface area contributed by atoms with E-state index in [0.29, 0.717) is 12.0 Å². The lowest BCUT2D eigenvalue weighted by atomic mass is 9.96. The van der Waals surface area contributed by atoms with Gasteiger partial charge in [-0.25, -0.2) is 0 Å². The molecule has 0 heterocycles. The highest BCUT2D eigenvalue weighted by atomic mass is 35.5. The van der Waals surface area contributed by atoms with Crippen molar-refractivity contribution in [2.24, 2.45) is 5.73 Å². The Morgan fingerprint density at radius 3 is 2.20 bits per heavy atom. The molecular weight excluding hydrogens is 278 g/mol. The van der Waals surface area contributed by atoms with Crippen LogP contribution in [0.5, 0.6) is 11.5 Å². The number of nitrogens with two attached hydrogens (primary N) is 1. The minimum atomic E-state index is -0.758. The topological polar surface area (TPSA) is 86.7 Å². The quantitative estimate of drug-likeness (QED) is 0.651. The molecule has 4 nitrogen and oxygen atoms in total. The molecule has 2 aromatic carbocycles. The lowest BCUT2D eigenvalue weighted by molar-refractivity contribution is 0.145. The molecule has 0 aliphatic carbocycles. The van der Waals surface area contributed by atoms with Crippen LogP contribution in [0.4, 0.5) is 0 Å². The molecule has 0 saturated heterocycles. The molecule has 0 unspecified atom stereocenters. The lowest BCUT2D eigenvalue weighted by Crippen LogP contribution is -2.28. The van der Waals surface area contributed by atoms with Crippen LogP contribution >= 0.6 is 12.4 Å². The number of phenolic OH excluding ortho intramolecular Hbond substituents is 2. The van der Waals surface area contributed by atoms with Crippen molar-refractivity contribution in [3.63, 3.8) is 0 Å². The van der Waals surface area contributed by atoms with Gasteiger partial charge in [-0.15, -0.1) is 12.4 Å². The Bertz CT molecular complexity index is 548. The zero-order valence-corrected chi connectivity index (χ0v) is 11.6. The Hall–Kier alpha value is -1.75. The minimum absolute atomic E-state index is 0. The molecule has 5 heteroatoms.